The summed E-state index contributed by atoms with van der Waals surface area (Å²) in [4.78, 5) is 2.47. The van der Waals surface area contributed by atoms with E-state index in [0.717, 1.165) is 18.8 Å². The first-order chi connectivity index (χ1) is 9.33. The van der Waals surface area contributed by atoms with E-state index in [1.807, 2.05) is 12.1 Å². The zero-order chi connectivity index (χ0) is 13.1. The monoisotopic (exact) mass is 252 g/mol. The van der Waals surface area contributed by atoms with Crippen LogP contribution in [0.5, 0.6) is 0 Å². The Balaban J connectivity index is 1.76. The number of piperidine rings is 1. The molecule has 0 saturated carbocycles. The molecule has 0 radical (unpaired) electrons. The van der Waals surface area contributed by atoms with Gasteiger partial charge in [0, 0.05) is 30.4 Å². The van der Waals surface area contributed by atoms with Crippen molar-refractivity contribution in [2.45, 2.75) is 18.8 Å². The summed E-state index contributed by atoms with van der Waals surface area (Å²) in [6.45, 7) is 2.25. The molecule has 2 aromatic carbocycles. The standard InChI is InChI=1S/C17H20N2/c18-16-8-10-17(11-9-16)19-12-4-7-15(13-19)14-5-2-1-3-6-14/h1-3,5-6,8-11,15H,4,7,12-13,18H2. The van der Waals surface area contributed by atoms with Gasteiger partial charge in [-0.2, -0.15) is 0 Å². The minimum Gasteiger partial charge on any atom is -0.399 e. The smallest absolute Gasteiger partial charge is 0.0367 e. The summed E-state index contributed by atoms with van der Waals surface area (Å²) in [5, 5.41) is 0. The van der Waals surface area contributed by atoms with E-state index in [-0.39, 0.29) is 0 Å². The third-order valence-corrected chi connectivity index (χ3v) is 3.95. The maximum atomic E-state index is 5.76. The Morgan fingerprint density at radius 2 is 1.68 bits per heavy atom. The maximum Gasteiger partial charge on any atom is 0.0367 e. The Hall–Kier alpha value is -1.96. The van der Waals surface area contributed by atoms with Crippen molar-refractivity contribution >= 4 is 11.4 Å². The van der Waals surface area contributed by atoms with Gasteiger partial charge in [-0.1, -0.05) is 30.3 Å². The Morgan fingerprint density at radius 1 is 0.947 bits per heavy atom. The Morgan fingerprint density at radius 3 is 2.42 bits per heavy atom. The van der Waals surface area contributed by atoms with E-state index in [1.165, 1.54) is 24.1 Å². The number of benzene rings is 2. The molecule has 0 bridgehead atoms. The van der Waals surface area contributed by atoms with Gasteiger partial charge in [-0.05, 0) is 42.7 Å². The van der Waals surface area contributed by atoms with Crippen LogP contribution in [-0.2, 0) is 0 Å². The average Bonchev–Trinajstić information content (AvgIpc) is 2.49. The number of anilines is 2. The molecule has 0 spiro atoms. The van der Waals surface area contributed by atoms with Crippen LogP contribution in [0.15, 0.2) is 54.6 Å². The fraction of sp³-hybridized carbons (Fsp3) is 0.294. The lowest BCUT2D eigenvalue weighted by molar-refractivity contribution is 0.510. The van der Waals surface area contributed by atoms with Crippen LogP contribution in [0.4, 0.5) is 11.4 Å². The Bertz CT molecular complexity index is 519. The molecule has 1 fully saturated rings. The lowest BCUT2D eigenvalue weighted by Crippen LogP contribution is -2.34. The van der Waals surface area contributed by atoms with Gasteiger partial charge in [0.2, 0.25) is 0 Å². The molecular weight excluding hydrogens is 232 g/mol. The van der Waals surface area contributed by atoms with Crippen molar-refractivity contribution in [1.29, 1.82) is 0 Å². The summed E-state index contributed by atoms with van der Waals surface area (Å²) in [5.41, 5.74) is 9.34. The minimum atomic E-state index is 0.646. The van der Waals surface area contributed by atoms with Crippen LogP contribution in [0.1, 0.15) is 24.3 Å². The molecule has 1 aliphatic heterocycles. The number of nitrogen functional groups attached to an aromatic ring is 1. The molecule has 19 heavy (non-hydrogen) atoms. The molecule has 2 N–H and O–H groups in total. The fourth-order valence-corrected chi connectivity index (χ4v) is 2.89. The van der Waals surface area contributed by atoms with Crippen LogP contribution in [0.3, 0.4) is 0 Å². The highest BCUT2D eigenvalue weighted by Crippen LogP contribution is 2.30. The quantitative estimate of drug-likeness (QED) is 0.827. The van der Waals surface area contributed by atoms with E-state index >= 15 is 0 Å². The number of nitrogens with two attached hydrogens (primary N) is 1. The van der Waals surface area contributed by atoms with Crippen molar-refractivity contribution in [3.05, 3.63) is 60.2 Å². The highest BCUT2D eigenvalue weighted by molar-refractivity contribution is 5.53. The predicted octanol–water partition coefficient (Wildman–Crippen LogP) is 3.65. The van der Waals surface area contributed by atoms with E-state index in [1.54, 1.807) is 0 Å². The molecule has 2 heteroatoms. The summed E-state index contributed by atoms with van der Waals surface area (Å²) < 4.78 is 0. The highest BCUT2D eigenvalue weighted by Gasteiger charge is 2.21. The van der Waals surface area contributed by atoms with Gasteiger partial charge in [0.25, 0.3) is 0 Å². The number of hydrogen-bond acceptors (Lipinski definition) is 2. The van der Waals surface area contributed by atoms with Crippen LogP contribution in [0.2, 0.25) is 0 Å². The minimum absolute atomic E-state index is 0.646. The van der Waals surface area contributed by atoms with E-state index < -0.39 is 0 Å². The van der Waals surface area contributed by atoms with E-state index in [4.69, 9.17) is 5.73 Å². The fourth-order valence-electron chi connectivity index (χ4n) is 2.89. The molecular formula is C17H20N2. The van der Waals surface area contributed by atoms with Crippen molar-refractivity contribution in [3.8, 4) is 0 Å². The van der Waals surface area contributed by atoms with Crippen LogP contribution in [-0.4, -0.2) is 13.1 Å². The van der Waals surface area contributed by atoms with Crippen LogP contribution >= 0.6 is 0 Å². The second kappa shape index (κ2) is 5.35. The first-order valence-corrected chi connectivity index (χ1v) is 6.98. The normalized spacial score (nSPS) is 19.4. The average molecular weight is 252 g/mol. The molecule has 2 nitrogen and oxygen atoms in total. The van der Waals surface area contributed by atoms with Gasteiger partial charge >= 0.3 is 0 Å². The first-order valence-electron chi connectivity index (χ1n) is 6.98. The maximum absolute atomic E-state index is 5.76. The second-order valence-corrected chi connectivity index (χ2v) is 5.29. The highest BCUT2D eigenvalue weighted by atomic mass is 15.1. The van der Waals surface area contributed by atoms with Gasteiger partial charge < -0.3 is 10.6 Å². The van der Waals surface area contributed by atoms with E-state index in [2.05, 4.69) is 47.4 Å². The third kappa shape index (κ3) is 2.73. The first kappa shape index (κ1) is 12.1. The zero-order valence-corrected chi connectivity index (χ0v) is 11.1. The summed E-state index contributed by atoms with van der Waals surface area (Å²) >= 11 is 0. The van der Waals surface area contributed by atoms with Gasteiger partial charge in [-0.25, -0.2) is 0 Å². The zero-order valence-electron chi connectivity index (χ0n) is 11.1. The van der Waals surface area contributed by atoms with Gasteiger partial charge in [0.15, 0.2) is 0 Å². The molecule has 1 saturated heterocycles. The van der Waals surface area contributed by atoms with Crippen molar-refractivity contribution < 1.29 is 0 Å². The van der Waals surface area contributed by atoms with Crippen molar-refractivity contribution in [1.82, 2.24) is 0 Å². The molecule has 0 aromatic heterocycles. The molecule has 3 rings (SSSR count). The summed E-state index contributed by atoms with van der Waals surface area (Å²) in [7, 11) is 0. The lowest BCUT2D eigenvalue weighted by Gasteiger charge is -2.34. The molecule has 2 aromatic rings. The molecule has 1 unspecified atom stereocenters. The number of nitrogens with zero attached hydrogens (tertiary/aromatic N) is 1. The number of rotatable bonds is 2. The Labute approximate surface area is 114 Å². The third-order valence-electron chi connectivity index (χ3n) is 3.95. The largest absolute Gasteiger partial charge is 0.399 e. The molecule has 98 valence electrons. The van der Waals surface area contributed by atoms with Gasteiger partial charge in [-0.15, -0.1) is 0 Å². The Kier molecular flexibility index (Phi) is 3.41. The molecule has 0 aliphatic carbocycles. The lowest BCUT2D eigenvalue weighted by atomic mass is 9.90. The summed E-state index contributed by atoms with van der Waals surface area (Å²) in [5.74, 6) is 0.646. The molecule has 1 heterocycles. The van der Waals surface area contributed by atoms with Crippen molar-refractivity contribution in [2.24, 2.45) is 0 Å². The van der Waals surface area contributed by atoms with Gasteiger partial charge in [0.05, 0.1) is 0 Å². The van der Waals surface area contributed by atoms with Crippen LogP contribution in [0.25, 0.3) is 0 Å². The summed E-state index contributed by atoms with van der Waals surface area (Å²) in [6.07, 6.45) is 2.54. The molecule has 0 amide bonds. The molecule has 1 atom stereocenters. The van der Waals surface area contributed by atoms with E-state index in [9.17, 15) is 0 Å². The number of hydrogen-bond donors (Lipinski definition) is 1. The van der Waals surface area contributed by atoms with Crippen LogP contribution < -0.4 is 10.6 Å². The van der Waals surface area contributed by atoms with Crippen molar-refractivity contribution in [2.75, 3.05) is 23.7 Å². The topological polar surface area (TPSA) is 29.3 Å². The SMILES string of the molecule is Nc1ccc(N2CCCC(c3ccccc3)C2)cc1. The van der Waals surface area contributed by atoms with Gasteiger partial charge in [0.1, 0.15) is 0 Å². The van der Waals surface area contributed by atoms with Crippen molar-refractivity contribution in [3.63, 3.8) is 0 Å². The van der Waals surface area contributed by atoms with E-state index in [0.29, 0.717) is 5.92 Å². The second-order valence-electron chi connectivity index (χ2n) is 5.29. The summed E-state index contributed by atoms with van der Waals surface area (Å²) in [6, 6.07) is 19.1. The predicted molar refractivity (Wildman–Crippen MR) is 81.5 cm³/mol. The molecule has 1 aliphatic rings. The van der Waals surface area contributed by atoms with Crippen LogP contribution in [0, 0.1) is 0 Å². The van der Waals surface area contributed by atoms with Gasteiger partial charge in [-0.3, -0.25) is 0 Å².